The number of nitrogens with one attached hydrogen (secondary N) is 1. The van der Waals surface area contributed by atoms with Crippen LogP contribution >= 0.6 is 11.5 Å². The zero-order chi connectivity index (χ0) is 9.80. The van der Waals surface area contributed by atoms with E-state index < -0.39 is 0 Å². The molecule has 0 aliphatic carbocycles. The molecule has 2 rings (SSSR count). The fraction of sp³-hybridized carbons (Fsp3) is 0.375. The lowest BCUT2D eigenvalue weighted by Crippen LogP contribution is -1.98. The molecule has 0 amide bonds. The maximum absolute atomic E-state index is 5.41. The molecule has 0 aromatic carbocycles. The summed E-state index contributed by atoms with van der Waals surface area (Å²) < 4.78 is 9.29. The zero-order valence-electron chi connectivity index (χ0n) is 7.73. The average molecular weight is 210 g/mol. The molecular formula is C8H10N4OS. The van der Waals surface area contributed by atoms with Gasteiger partial charge in [-0.1, -0.05) is 6.92 Å². The van der Waals surface area contributed by atoms with Crippen molar-refractivity contribution in [2.24, 2.45) is 0 Å². The number of nitrogens with zero attached hydrogens (tertiary/aromatic N) is 3. The third-order valence-electron chi connectivity index (χ3n) is 1.70. The summed E-state index contributed by atoms with van der Waals surface area (Å²) in [5, 5.41) is 3.85. The van der Waals surface area contributed by atoms with Crippen LogP contribution in [0.25, 0.3) is 0 Å². The van der Waals surface area contributed by atoms with E-state index >= 15 is 0 Å². The largest absolute Gasteiger partial charge is 0.444 e. The number of rotatable bonds is 4. The van der Waals surface area contributed by atoms with E-state index in [1.54, 1.807) is 6.20 Å². The minimum Gasteiger partial charge on any atom is -0.444 e. The predicted octanol–water partition coefficient (Wildman–Crippen LogP) is 1.70. The van der Waals surface area contributed by atoms with Gasteiger partial charge in [-0.15, -0.1) is 0 Å². The predicted molar refractivity (Wildman–Crippen MR) is 53.1 cm³/mol. The van der Waals surface area contributed by atoms with Crippen molar-refractivity contribution in [3.8, 4) is 0 Å². The third-order valence-corrected chi connectivity index (χ3v) is 2.32. The normalized spacial score (nSPS) is 10.4. The van der Waals surface area contributed by atoms with E-state index in [0.717, 1.165) is 17.3 Å². The standard InChI is InChI=1S/C8H10N4OS/c1-2-6-3-9-7(13-6)4-10-8-11-5-12-14-8/h3,5H,2,4H2,1H3,(H,10,11,12). The van der Waals surface area contributed by atoms with Crippen LogP contribution in [0.15, 0.2) is 16.9 Å². The van der Waals surface area contributed by atoms with Crippen LogP contribution in [0.2, 0.25) is 0 Å². The van der Waals surface area contributed by atoms with E-state index in [1.165, 1.54) is 17.9 Å². The van der Waals surface area contributed by atoms with E-state index in [4.69, 9.17) is 4.42 Å². The van der Waals surface area contributed by atoms with Gasteiger partial charge in [-0.25, -0.2) is 9.97 Å². The molecule has 74 valence electrons. The van der Waals surface area contributed by atoms with Gasteiger partial charge in [0.05, 0.1) is 12.7 Å². The van der Waals surface area contributed by atoms with Crippen molar-refractivity contribution < 1.29 is 4.42 Å². The summed E-state index contributed by atoms with van der Waals surface area (Å²) >= 11 is 1.31. The lowest BCUT2D eigenvalue weighted by atomic mass is 10.4. The first-order valence-corrected chi connectivity index (χ1v) is 5.10. The fourth-order valence-corrected chi connectivity index (χ4v) is 1.42. The Morgan fingerprint density at radius 2 is 2.43 bits per heavy atom. The van der Waals surface area contributed by atoms with Crippen molar-refractivity contribution in [2.75, 3.05) is 5.32 Å². The summed E-state index contributed by atoms with van der Waals surface area (Å²) in [6, 6.07) is 0. The smallest absolute Gasteiger partial charge is 0.213 e. The highest BCUT2D eigenvalue weighted by atomic mass is 32.1. The van der Waals surface area contributed by atoms with Gasteiger partial charge in [-0.3, -0.25) is 0 Å². The highest BCUT2D eigenvalue weighted by molar-refractivity contribution is 7.09. The monoisotopic (exact) mass is 210 g/mol. The van der Waals surface area contributed by atoms with Gasteiger partial charge in [0.25, 0.3) is 0 Å². The van der Waals surface area contributed by atoms with Gasteiger partial charge in [0, 0.05) is 18.0 Å². The molecule has 0 fully saturated rings. The molecular weight excluding hydrogens is 200 g/mol. The molecule has 1 N–H and O–H groups in total. The van der Waals surface area contributed by atoms with Crippen molar-refractivity contribution in [1.82, 2.24) is 14.3 Å². The van der Waals surface area contributed by atoms with Crippen LogP contribution in [0, 0.1) is 0 Å². The van der Waals surface area contributed by atoms with Crippen molar-refractivity contribution in [3.05, 3.63) is 24.2 Å². The highest BCUT2D eigenvalue weighted by Crippen LogP contribution is 2.10. The van der Waals surface area contributed by atoms with Crippen LogP contribution in [0.5, 0.6) is 0 Å². The zero-order valence-corrected chi connectivity index (χ0v) is 8.54. The summed E-state index contributed by atoms with van der Waals surface area (Å²) in [4.78, 5) is 8.10. The molecule has 0 saturated heterocycles. The number of hydrogen-bond donors (Lipinski definition) is 1. The molecule has 6 heteroatoms. The first-order chi connectivity index (χ1) is 6.88. The molecule has 0 saturated carbocycles. The van der Waals surface area contributed by atoms with Gasteiger partial charge in [-0.05, 0) is 0 Å². The van der Waals surface area contributed by atoms with Crippen molar-refractivity contribution in [3.63, 3.8) is 0 Å². The Hall–Kier alpha value is -1.43. The van der Waals surface area contributed by atoms with E-state index in [9.17, 15) is 0 Å². The third kappa shape index (κ3) is 2.08. The summed E-state index contributed by atoms with van der Waals surface area (Å²) in [6.45, 7) is 2.58. The van der Waals surface area contributed by atoms with Crippen LogP contribution in [0.3, 0.4) is 0 Å². The minimum atomic E-state index is 0.551. The average Bonchev–Trinajstić information content (AvgIpc) is 2.86. The van der Waals surface area contributed by atoms with E-state index in [0.29, 0.717) is 12.4 Å². The van der Waals surface area contributed by atoms with Crippen LogP contribution in [0.1, 0.15) is 18.6 Å². The van der Waals surface area contributed by atoms with Crippen LogP contribution in [0.4, 0.5) is 5.13 Å². The van der Waals surface area contributed by atoms with Crippen molar-refractivity contribution >= 4 is 16.7 Å². The van der Waals surface area contributed by atoms with Gasteiger partial charge in [0.2, 0.25) is 11.0 Å². The lowest BCUT2D eigenvalue weighted by molar-refractivity contribution is 0.466. The molecule has 0 radical (unpaired) electrons. The highest BCUT2D eigenvalue weighted by Gasteiger charge is 2.02. The van der Waals surface area contributed by atoms with Gasteiger partial charge < -0.3 is 9.73 Å². The maximum atomic E-state index is 5.41. The second kappa shape index (κ2) is 4.19. The summed E-state index contributed by atoms with van der Waals surface area (Å²) in [7, 11) is 0. The quantitative estimate of drug-likeness (QED) is 0.832. The molecule has 2 aromatic heterocycles. The molecule has 0 aliphatic rings. The number of aryl methyl sites for hydroxylation is 1. The maximum Gasteiger partial charge on any atom is 0.213 e. The Balaban J connectivity index is 1.92. The number of anilines is 1. The fourth-order valence-electron chi connectivity index (χ4n) is 0.995. The molecule has 14 heavy (non-hydrogen) atoms. The molecule has 0 atom stereocenters. The van der Waals surface area contributed by atoms with Gasteiger partial charge >= 0.3 is 0 Å². The van der Waals surface area contributed by atoms with Crippen LogP contribution in [-0.4, -0.2) is 14.3 Å². The Morgan fingerprint density at radius 1 is 1.50 bits per heavy atom. The number of aromatic nitrogens is 3. The van der Waals surface area contributed by atoms with E-state index in [2.05, 4.69) is 19.7 Å². The van der Waals surface area contributed by atoms with Crippen LogP contribution in [-0.2, 0) is 13.0 Å². The molecule has 2 aromatic rings. The minimum absolute atomic E-state index is 0.551. The molecule has 0 unspecified atom stereocenters. The van der Waals surface area contributed by atoms with E-state index in [-0.39, 0.29) is 0 Å². The first-order valence-electron chi connectivity index (χ1n) is 4.32. The van der Waals surface area contributed by atoms with Gasteiger partial charge in [-0.2, -0.15) is 4.37 Å². The molecule has 0 aliphatic heterocycles. The Kier molecular flexibility index (Phi) is 2.73. The SMILES string of the molecule is CCc1cnc(CNc2ncns2)o1. The summed E-state index contributed by atoms with van der Waals surface area (Å²) in [5.74, 6) is 1.58. The van der Waals surface area contributed by atoms with Crippen molar-refractivity contribution in [2.45, 2.75) is 19.9 Å². The van der Waals surface area contributed by atoms with Gasteiger partial charge in [0.15, 0.2) is 0 Å². The number of oxazole rings is 1. The van der Waals surface area contributed by atoms with E-state index in [1.807, 2.05) is 6.92 Å². The molecule has 0 bridgehead atoms. The molecule has 2 heterocycles. The van der Waals surface area contributed by atoms with Crippen molar-refractivity contribution in [1.29, 1.82) is 0 Å². The lowest BCUT2D eigenvalue weighted by Gasteiger charge is -1.96. The first kappa shape index (κ1) is 9.14. The van der Waals surface area contributed by atoms with Crippen LogP contribution < -0.4 is 5.32 Å². The topological polar surface area (TPSA) is 63.8 Å². The second-order valence-corrected chi connectivity index (χ2v) is 3.45. The molecule has 5 nitrogen and oxygen atoms in total. The summed E-state index contributed by atoms with van der Waals surface area (Å²) in [5.41, 5.74) is 0. The summed E-state index contributed by atoms with van der Waals surface area (Å²) in [6.07, 6.45) is 4.13. The molecule has 0 spiro atoms. The Labute approximate surface area is 85.4 Å². The Bertz CT molecular complexity index is 384. The second-order valence-electron chi connectivity index (χ2n) is 2.67. The Morgan fingerprint density at radius 3 is 3.07 bits per heavy atom. The van der Waals surface area contributed by atoms with Gasteiger partial charge in [0.1, 0.15) is 12.1 Å². The number of hydrogen-bond acceptors (Lipinski definition) is 6.